The van der Waals surface area contributed by atoms with E-state index in [0.717, 1.165) is 31.4 Å². The molecular weight excluding hydrogens is 266 g/mol. The van der Waals surface area contributed by atoms with Crippen molar-refractivity contribution in [1.29, 1.82) is 0 Å². The van der Waals surface area contributed by atoms with E-state index >= 15 is 0 Å². The lowest BCUT2D eigenvalue weighted by Crippen LogP contribution is -2.51. The van der Waals surface area contributed by atoms with Crippen LogP contribution in [-0.4, -0.2) is 40.8 Å². The van der Waals surface area contributed by atoms with Gasteiger partial charge in [0, 0.05) is 19.2 Å². The Kier molecular flexibility index (Phi) is 3.76. The maximum absolute atomic E-state index is 11.9. The molecule has 0 aliphatic carbocycles. The smallest absolute Gasteiger partial charge is 0.325 e. The van der Waals surface area contributed by atoms with Crippen LogP contribution in [0, 0.1) is 0 Å². The number of carboxylic acids is 1. The van der Waals surface area contributed by atoms with Gasteiger partial charge in [0.25, 0.3) is 0 Å². The normalized spacial score (nSPS) is 28.9. The molecule has 4 heteroatoms. The zero-order valence-electron chi connectivity index (χ0n) is 12.7. The molecule has 1 aromatic carbocycles. The van der Waals surface area contributed by atoms with E-state index in [1.54, 1.807) is 0 Å². The van der Waals surface area contributed by atoms with Crippen molar-refractivity contribution in [3.8, 4) is 0 Å². The van der Waals surface area contributed by atoms with E-state index in [1.165, 1.54) is 5.56 Å². The van der Waals surface area contributed by atoms with Crippen molar-refractivity contribution in [1.82, 2.24) is 4.90 Å². The topological polar surface area (TPSA) is 49.8 Å². The summed E-state index contributed by atoms with van der Waals surface area (Å²) in [6, 6.07) is 7.70. The number of ether oxygens (including phenoxy) is 1. The Morgan fingerprint density at radius 1 is 1.38 bits per heavy atom. The highest BCUT2D eigenvalue weighted by Gasteiger charge is 2.40. The number of benzene rings is 1. The average Bonchev–Trinajstić information content (AvgIpc) is 2.44. The van der Waals surface area contributed by atoms with Gasteiger partial charge in [0.1, 0.15) is 6.04 Å². The van der Waals surface area contributed by atoms with E-state index in [-0.39, 0.29) is 11.6 Å². The van der Waals surface area contributed by atoms with Gasteiger partial charge in [-0.3, -0.25) is 9.69 Å². The molecule has 4 nitrogen and oxygen atoms in total. The number of aliphatic carboxylic acids is 1. The molecule has 2 aliphatic rings. The fraction of sp³-hybridized carbons (Fsp3) is 0.588. The monoisotopic (exact) mass is 289 g/mol. The van der Waals surface area contributed by atoms with Gasteiger partial charge in [0.2, 0.25) is 0 Å². The lowest BCUT2D eigenvalue weighted by molar-refractivity contribution is -0.149. The molecule has 1 fully saturated rings. The summed E-state index contributed by atoms with van der Waals surface area (Å²) in [6.45, 7) is 5.70. The van der Waals surface area contributed by atoms with Crippen molar-refractivity contribution in [2.45, 2.75) is 50.8 Å². The van der Waals surface area contributed by atoms with Crippen molar-refractivity contribution in [3.63, 3.8) is 0 Å². The second kappa shape index (κ2) is 5.43. The molecule has 0 aromatic heterocycles. The maximum Gasteiger partial charge on any atom is 0.325 e. The number of hydrogen-bond donors (Lipinski definition) is 1. The molecule has 1 saturated heterocycles. The molecule has 2 aliphatic heterocycles. The molecule has 1 aromatic rings. The minimum Gasteiger partial charge on any atom is -0.480 e. The predicted octanol–water partition coefficient (Wildman–Crippen LogP) is 2.63. The Morgan fingerprint density at radius 2 is 2.14 bits per heavy atom. The summed E-state index contributed by atoms with van der Waals surface area (Å²) >= 11 is 0. The van der Waals surface area contributed by atoms with Crippen molar-refractivity contribution in [2.24, 2.45) is 0 Å². The van der Waals surface area contributed by atoms with Crippen LogP contribution in [0.15, 0.2) is 24.3 Å². The molecule has 0 spiro atoms. The SMILES string of the molecule is CC1(C)CC(N2CCc3ccccc3C2C(=O)O)CCO1. The molecule has 0 saturated carbocycles. The van der Waals surface area contributed by atoms with E-state index in [0.29, 0.717) is 6.61 Å². The third kappa shape index (κ3) is 2.83. The van der Waals surface area contributed by atoms with Crippen LogP contribution >= 0.6 is 0 Å². The van der Waals surface area contributed by atoms with E-state index in [2.05, 4.69) is 24.8 Å². The Balaban J connectivity index is 1.90. The van der Waals surface area contributed by atoms with Crippen LogP contribution in [0.3, 0.4) is 0 Å². The van der Waals surface area contributed by atoms with Crippen molar-refractivity contribution >= 4 is 5.97 Å². The standard InChI is InChI=1S/C17H23NO3/c1-17(2)11-13(8-10-21-17)18-9-7-12-5-3-4-6-14(12)15(18)16(19)20/h3-6,13,15H,7-11H2,1-2H3,(H,19,20). The molecule has 3 rings (SSSR count). The molecular formula is C17H23NO3. The molecule has 1 N–H and O–H groups in total. The van der Waals surface area contributed by atoms with E-state index in [1.807, 2.05) is 18.2 Å². The first kappa shape index (κ1) is 14.5. The molecule has 114 valence electrons. The Hall–Kier alpha value is -1.39. The first-order chi connectivity index (χ1) is 9.98. The average molecular weight is 289 g/mol. The van der Waals surface area contributed by atoms with Gasteiger partial charge in [0.15, 0.2) is 0 Å². The highest BCUT2D eigenvalue weighted by Crippen LogP contribution is 2.36. The number of nitrogens with zero attached hydrogens (tertiary/aromatic N) is 1. The molecule has 0 radical (unpaired) electrons. The third-order valence-corrected chi connectivity index (χ3v) is 4.69. The van der Waals surface area contributed by atoms with Crippen LogP contribution in [0.4, 0.5) is 0 Å². The van der Waals surface area contributed by atoms with E-state index in [9.17, 15) is 9.90 Å². The second-order valence-corrected chi connectivity index (χ2v) is 6.68. The van der Waals surface area contributed by atoms with Crippen LogP contribution in [0.1, 0.15) is 43.9 Å². The minimum atomic E-state index is -0.744. The van der Waals surface area contributed by atoms with Crippen molar-refractivity contribution in [2.75, 3.05) is 13.2 Å². The van der Waals surface area contributed by atoms with Gasteiger partial charge >= 0.3 is 5.97 Å². The van der Waals surface area contributed by atoms with Crippen LogP contribution in [0.2, 0.25) is 0 Å². The van der Waals surface area contributed by atoms with Gasteiger partial charge in [-0.15, -0.1) is 0 Å². The van der Waals surface area contributed by atoms with Gasteiger partial charge in [-0.05, 0) is 44.2 Å². The quantitative estimate of drug-likeness (QED) is 0.909. The highest BCUT2D eigenvalue weighted by atomic mass is 16.5. The van der Waals surface area contributed by atoms with Crippen molar-refractivity contribution in [3.05, 3.63) is 35.4 Å². The van der Waals surface area contributed by atoms with Gasteiger partial charge in [-0.1, -0.05) is 24.3 Å². The number of rotatable bonds is 2. The van der Waals surface area contributed by atoms with E-state index < -0.39 is 12.0 Å². The summed E-state index contributed by atoms with van der Waals surface area (Å²) < 4.78 is 5.78. The lowest BCUT2D eigenvalue weighted by Gasteiger charge is -2.45. The summed E-state index contributed by atoms with van der Waals surface area (Å²) in [5.74, 6) is -0.744. The fourth-order valence-electron chi connectivity index (χ4n) is 3.74. The minimum absolute atomic E-state index is 0.164. The summed E-state index contributed by atoms with van der Waals surface area (Å²) in [6.07, 6.45) is 2.73. The fourth-order valence-corrected chi connectivity index (χ4v) is 3.74. The summed E-state index contributed by atoms with van der Waals surface area (Å²) in [5, 5.41) is 9.74. The zero-order chi connectivity index (χ0) is 15.0. The number of fused-ring (bicyclic) bond motifs is 1. The number of carboxylic acid groups (broad SMARTS) is 1. The Bertz CT molecular complexity index is 541. The van der Waals surface area contributed by atoms with Crippen LogP contribution in [-0.2, 0) is 16.0 Å². The third-order valence-electron chi connectivity index (χ3n) is 4.69. The Morgan fingerprint density at radius 3 is 2.86 bits per heavy atom. The van der Waals surface area contributed by atoms with Crippen LogP contribution < -0.4 is 0 Å². The van der Waals surface area contributed by atoms with Crippen molar-refractivity contribution < 1.29 is 14.6 Å². The molecule has 2 atom stereocenters. The largest absolute Gasteiger partial charge is 0.480 e. The van der Waals surface area contributed by atoms with Gasteiger partial charge < -0.3 is 9.84 Å². The van der Waals surface area contributed by atoms with E-state index in [4.69, 9.17) is 4.74 Å². The summed E-state index contributed by atoms with van der Waals surface area (Å²) in [5.41, 5.74) is 1.97. The lowest BCUT2D eigenvalue weighted by atomic mass is 9.87. The first-order valence-electron chi connectivity index (χ1n) is 7.68. The van der Waals surface area contributed by atoms with Gasteiger partial charge in [-0.2, -0.15) is 0 Å². The zero-order valence-corrected chi connectivity index (χ0v) is 12.7. The van der Waals surface area contributed by atoms with Crippen LogP contribution in [0.5, 0.6) is 0 Å². The summed E-state index contributed by atoms with van der Waals surface area (Å²) in [4.78, 5) is 14.0. The first-order valence-corrected chi connectivity index (χ1v) is 7.68. The molecule has 0 bridgehead atoms. The van der Waals surface area contributed by atoms with Gasteiger partial charge in [0.05, 0.1) is 5.60 Å². The summed E-state index contributed by atoms with van der Waals surface area (Å²) in [7, 11) is 0. The predicted molar refractivity (Wildman–Crippen MR) is 80.3 cm³/mol. The van der Waals surface area contributed by atoms with Crippen LogP contribution in [0.25, 0.3) is 0 Å². The second-order valence-electron chi connectivity index (χ2n) is 6.68. The number of carbonyl (C=O) groups is 1. The molecule has 0 amide bonds. The van der Waals surface area contributed by atoms with Gasteiger partial charge in [-0.25, -0.2) is 0 Å². The molecule has 2 unspecified atom stereocenters. The molecule has 2 heterocycles. The molecule has 21 heavy (non-hydrogen) atoms. The maximum atomic E-state index is 11.9. The Labute approximate surface area is 125 Å². The highest BCUT2D eigenvalue weighted by molar-refractivity contribution is 5.76. The number of hydrogen-bond acceptors (Lipinski definition) is 3.